The van der Waals surface area contributed by atoms with E-state index in [0.29, 0.717) is 0 Å². The van der Waals surface area contributed by atoms with Gasteiger partial charge in [-0.05, 0) is 32.0 Å². The Balaban J connectivity index is 2.44. The van der Waals surface area contributed by atoms with E-state index in [-0.39, 0.29) is 42.0 Å². The van der Waals surface area contributed by atoms with Crippen molar-refractivity contribution in [1.82, 2.24) is 19.8 Å². The van der Waals surface area contributed by atoms with Gasteiger partial charge >= 0.3 is 11.7 Å². The molecule has 28 heavy (non-hydrogen) atoms. The van der Waals surface area contributed by atoms with Crippen LogP contribution in [0.4, 0.5) is 0 Å². The van der Waals surface area contributed by atoms with E-state index >= 15 is 0 Å². The van der Waals surface area contributed by atoms with Crippen molar-refractivity contribution in [3.05, 3.63) is 44.6 Å². The number of rotatable bonds is 7. The molecular weight excluding hydrogens is 368 g/mol. The van der Waals surface area contributed by atoms with Gasteiger partial charge < -0.3 is 20.3 Å². The van der Waals surface area contributed by atoms with Crippen molar-refractivity contribution in [2.45, 2.75) is 33.4 Å². The number of nitrogens with zero attached hydrogens (tertiary/aromatic N) is 2. The highest BCUT2D eigenvalue weighted by atomic mass is 16.4. The molecule has 0 aliphatic carbocycles. The molecule has 1 atom stereocenters. The lowest BCUT2D eigenvalue weighted by molar-refractivity contribution is -0.141. The van der Waals surface area contributed by atoms with Gasteiger partial charge in [0.25, 0.3) is 11.5 Å². The maximum absolute atomic E-state index is 12.9. The first kappa shape index (κ1) is 20.9. The highest BCUT2D eigenvalue weighted by molar-refractivity contribution is 5.99. The summed E-state index contributed by atoms with van der Waals surface area (Å²) < 4.78 is 1.04. The minimum Gasteiger partial charge on any atom is -0.480 e. The topological polar surface area (TPSA) is 142 Å². The van der Waals surface area contributed by atoms with Crippen LogP contribution >= 0.6 is 0 Å². The normalized spacial score (nSPS) is 11.8. The molecule has 2 aromatic rings. The molecule has 0 fully saturated rings. The lowest BCUT2D eigenvalue weighted by Gasteiger charge is -2.26. The molecule has 10 nitrogen and oxygen atoms in total. The molecule has 0 aliphatic rings. The van der Waals surface area contributed by atoms with E-state index in [1.165, 1.54) is 32.0 Å². The number of aromatic nitrogens is 2. The second-order valence-corrected chi connectivity index (χ2v) is 6.24. The number of amides is 2. The van der Waals surface area contributed by atoms with Crippen LogP contribution in [0.2, 0.25) is 0 Å². The number of carboxylic acids is 1. The molecule has 150 valence electrons. The minimum atomic E-state index is -1.20. The number of hydrogen-bond acceptors (Lipinski definition) is 5. The van der Waals surface area contributed by atoms with Gasteiger partial charge in [0.2, 0.25) is 5.91 Å². The van der Waals surface area contributed by atoms with Gasteiger partial charge in [-0.15, -0.1) is 0 Å². The molecule has 1 aromatic carbocycles. The molecule has 3 N–H and O–H groups in total. The van der Waals surface area contributed by atoms with Gasteiger partial charge in [-0.1, -0.05) is 0 Å². The van der Waals surface area contributed by atoms with Crippen LogP contribution < -0.4 is 16.6 Å². The van der Waals surface area contributed by atoms with Crippen LogP contribution in [0.5, 0.6) is 0 Å². The maximum Gasteiger partial charge on any atom is 0.328 e. The summed E-state index contributed by atoms with van der Waals surface area (Å²) >= 11 is 0. The molecule has 1 unspecified atom stereocenters. The number of benzene rings is 1. The molecule has 10 heteroatoms. The molecule has 2 rings (SSSR count). The number of carbonyl (C=O) groups excluding carboxylic acids is 2. The van der Waals surface area contributed by atoms with Crippen molar-refractivity contribution in [2.75, 3.05) is 13.1 Å². The molecule has 2 amide bonds. The first-order chi connectivity index (χ1) is 13.2. The summed E-state index contributed by atoms with van der Waals surface area (Å²) in [5.74, 6) is -2.09. The van der Waals surface area contributed by atoms with Crippen LogP contribution in [0.15, 0.2) is 27.8 Å². The highest BCUT2D eigenvalue weighted by Gasteiger charge is 2.26. The van der Waals surface area contributed by atoms with E-state index in [0.717, 1.165) is 9.47 Å². The summed E-state index contributed by atoms with van der Waals surface area (Å²) in [6.45, 7) is 4.62. The maximum atomic E-state index is 12.9. The smallest absolute Gasteiger partial charge is 0.328 e. The molecule has 0 spiro atoms. The number of carbonyl (C=O) groups is 3. The molecule has 1 aromatic heterocycles. The first-order valence-corrected chi connectivity index (χ1v) is 8.72. The number of nitrogens with one attached hydrogen (secondary N) is 2. The fraction of sp³-hybridized carbons (Fsp3) is 0.389. The lowest BCUT2D eigenvalue weighted by atomic mass is 10.1. The van der Waals surface area contributed by atoms with Gasteiger partial charge in [0.05, 0.1) is 10.9 Å². The molecule has 0 aliphatic heterocycles. The Hall–Kier alpha value is -3.43. The van der Waals surface area contributed by atoms with Crippen molar-refractivity contribution in [3.63, 3.8) is 0 Å². The number of fused-ring (bicyclic) bond motifs is 1. The van der Waals surface area contributed by atoms with Crippen molar-refractivity contribution in [1.29, 1.82) is 0 Å². The van der Waals surface area contributed by atoms with Gasteiger partial charge in [-0.2, -0.15) is 0 Å². The van der Waals surface area contributed by atoms with Gasteiger partial charge in [0.15, 0.2) is 0 Å². The van der Waals surface area contributed by atoms with E-state index in [9.17, 15) is 29.1 Å². The van der Waals surface area contributed by atoms with E-state index < -0.39 is 29.2 Å². The zero-order chi connectivity index (χ0) is 21.0. The predicted octanol–water partition coefficient (Wildman–Crippen LogP) is -0.239. The minimum absolute atomic E-state index is 0.0160. The molecule has 1 heterocycles. The summed E-state index contributed by atoms with van der Waals surface area (Å²) in [5, 5.41) is 12.0. The molecule has 0 saturated heterocycles. The van der Waals surface area contributed by atoms with Crippen LogP contribution in [0, 0.1) is 0 Å². The number of aromatic amines is 1. The molecule has 0 bridgehead atoms. The summed E-state index contributed by atoms with van der Waals surface area (Å²) in [5.41, 5.74) is -0.754. The number of carboxylic acid groups (broad SMARTS) is 1. The quantitative estimate of drug-likeness (QED) is 0.596. The summed E-state index contributed by atoms with van der Waals surface area (Å²) in [7, 11) is 0. The Labute approximate surface area is 159 Å². The number of H-pyrrole nitrogens is 1. The molecule has 0 radical (unpaired) electrons. The van der Waals surface area contributed by atoms with Gasteiger partial charge in [-0.25, -0.2) is 9.59 Å². The Bertz CT molecular complexity index is 1040. The van der Waals surface area contributed by atoms with E-state index in [4.69, 9.17) is 0 Å². The fourth-order valence-electron chi connectivity index (χ4n) is 2.80. The zero-order valence-corrected chi connectivity index (χ0v) is 15.8. The standard InChI is InChI=1S/C18H22N4O6/c1-4-21-16(25)13-6-5-12(9-14(13)20-18(21)28)15(24)22(10(2)17(26)27)8-7-19-11(3)23/h5-6,9-10H,4,7-8H2,1-3H3,(H,19,23)(H,20,28)(H,26,27). The van der Waals surface area contributed by atoms with Crippen LogP contribution in [-0.4, -0.2) is 56.5 Å². The molecular formula is C18H22N4O6. The third kappa shape index (κ3) is 4.27. The van der Waals surface area contributed by atoms with E-state index in [1.54, 1.807) is 6.92 Å². The van der Waals surface area contributed by atoms with E-state index in [1.807, 2.05) is 0 Å². The second-order valence-electron chi connectivity index (χ2n) is 6.24. The van der Waals surface area contributed by atoms with Gasteiger partial charge in [-0.3, -0.25) is 19.0 Å². The van der Waals surface area contributed by atoms with E-state index in [2.05, 4.69) is 10.3 Å². The highest BCUT2D eigenvalue weighted by Crippen LogP contribution is 2.13. The van der Waals surface area contributed by atoms with Crippen molar-refractivity contribution in [3.8, 4) is 0 Å². The predicted molar refractivity (Wildman–Crippen MR) is 101 cm³/mol. The molecule has 0 saturated carbocycles. The van der Waals surface area contributed by atoms with Crippen LogP contribution in [0.25, 0.3) is 10.9 Å². The average Bonchev–Trinajstić information content (AvgIpc) is 2.63. The Morgan fingerprint density at radius 2 is 1.96 bits per heavy atom. The van der Waals surface area contributed by atoms with Crippen LogP contribution in [-0.2, 0) is 16.1 Å². The Morgan fingerprint density at radius 3 is 2.54 bits per heavy atom. The third-order valence-corrected chi connectivity index (χ3v) is 4.36. The summed E-state index contributed by atoms with van der Waals surface area (Å²) in [6.07, 6.45) is 0. The largest absolute Gasteiger partial charge is 0.480 e. The zero-order valence-electron chi connectivity index (χ0n) is 15.8. The first-order valence-electron chi connectivity index (χ1n) is 8.72. The monoisotopic (exact) mass is 390 g/mol. The van der Waals surface area contributed by atoms with Gasteiger partial charge in [0.1, 0.15) is 6.04 Å². The lowest BCUT2D eigenvalue weighted by Crippen LogP contribution is -2.46. The summed E-state index contributed by atoms with van der Waals surface area (Å²) in [4.78, 5) is 63.3. The average molecular weight is 390 g/mol. The Morgan fingerprint density at radius 1 is 1.29 bits per heavy atom. The van der Waals surface area contributed by atoms with Gasteiger partial charge in [0, 0.05) is 32.1 Å². The van der Waals surface area contributed by atoms with Crippen LogP contribution in [0.1, 0.15) is 31.1 Å². The SMILES string of the molecule is CCn1c(=O)[nH]c2cc(C(=O)N(CCNC(C)=O)C(C)C(=O)O)ccc2c1=O. The second kappa shape index (κ2) is 8.51. The Kier molecular flexibility index (Phi) is 6.34. The van der Waals surface area contributed by atoms with Crippen molar-refractivity contribution < 1.29 is 19.5 Å². The third-order valence-electron chi connectivity index (χ3n) is 4.36. The van der Waals surface area contributed by atoms with Crippen molar-refractivity contribution in [2.24, 2.45) is 0 Å². The number of hydrogen-bond donors (Lipinski definition) is 3. The van der Waals surface area contributed by atoms with Crippen LogP contribution in [0.3, 0.4) is 0 Å². The summed E-state index contributed by atoms with van der Waals surface area (Å²) in [6, 6.07) is 3.04. The number of aliphatic carboxylic acids is 1. The van der Waals surface area contributed by atoms with Crippen molar-refractivity contribution >= 4 is 28.7 Å². The fourth-order valence-corrected chi connectivity index (χ4v) is 2.80.